The van der Waals surface area contributed by atoms with Crippen molar-refractivity contribution < 1.29 is 18.8 Å². The molecular weight excluding hydrogens is 535 g/mol. The summed E-state index contributed by atoms with van der Waals surface area (Å²) in [5.74, 6) is -0.215. The van der Waals surface area contributed by atoms with E-state index in [0.717, 1.165) is 34.3 Å². The van der Waals surface area contributed by atoms with Crippen molar-refractivity contribution >= 4 is 34.2 Å². The summed E-state index contributed by atoms with van der Waals surface area (Å²) in [7, 11) is 0. The van der Waals surface area contributed by atoms with Crippen molar-refractivity contribution in [2.45, 2.75) is 40.2 Å². The minimum absolute atomic E-state index is 0.0246. The van der Waals surface area contributed by atoms with Crippen molar-refractivity contribution in [1.29, 1.82) is 0 Å². The third-order valence-electron chi connectivity index (χ3n) is 7.87. The first-order valence-corrected chi connectivity index (χ1v) is 14.4. The summed E-state index contributed by atoms with van der Waals surface area (Å²) in [6, 6.07) is 13.2. The third-order valence-corrected chi connectivity index (χ3v) is 7.87. The molecule has 1 aliphatic rings. The molecule has 2 aromatic heterocycles. The van der Waals surface area contributed by atoms with E-state index in [1.165, 1.54) is 0 Å². The van der Waals surface area contributed by atoms with Gasteiger partial charge in [-0.15, -0.1) is 0 Å². The number of alkyl halides is 1. The number of piperazine rings is 1. The number of nitrogens with zero attached hydrogens (tertiary/aromatic N) is 5. The molecule has 220 valence electrons. The fraction of sp³-hybridized carbons (Fsp3) is 0.375. The van der Waals surface area contributed by atoms with Gasteiger partial charge in [0, 0.05) is 61.9 Å². The Balaban J connectivity index is 1.31. The van der Waals surface area contributed by atoms with Crippen LogP contribution in [0.3, 0.4) is 0 Å². The topological polar surface area (TPSA) is 92.5 Å². The van der Waals surface area contributed by atoms with Crippen LogP contribution in [0.4, 0.5) is 10.1 Å². The van der Waals surface area contributed by atoms with Gasteiger partial charge in [0.15, 0.2) is 5.78 Å². The second kappa shape index (κ2) is 12.7. The molecule has 0 bridgehead atoms. The highest BCUT2D eigenvalue weighted by Gasteiger charge is 2.23. The van der Waals surface area contributed by atoms with Gasteiger partial charge in [0.25, 0.3) is 5.91 Å². The lowest BCUT2D eigenvalue weighted by atomic mass is 10.1. The number of anilines is 1. The third kappa shape index (κ3) is 6.13. The van der Waals surface area contributed by atoms with Crippen molar-refractivity contribution in [3.63, 3.8) is 0 Å². The summed E-state index contributed by atoms with van der Waals surface area (Å²) in [6.45, 7) is 8.40. The number of amides is 2. The summed E-state index contributed by atoms with van der Waals surface area (Å²) in [4.78, 5) is 42.8. The molecule has 1 saturated heterocycles. The van der Waals surface area contributed by atoms with Gasteiger partial charge >= 0.3 is 0 Å². The number of nitrogens with one attached hydrogen (secondary N) is 1. The molecular formula is C32H37FN6O3. The molecule has 1 aliphatic heterocycles. The Morgan fingerprint density at radius 2 is 1.71 bits per heavy atom. The Hall–Kier alpha value is -4.31. The highest BCUT2D eigenvalue weighted by molar-refractivity contribution is 6.13. The number of benzene rings is 2. The minimum Gasteiger partial charge on any atom is -0.339 e. The number of rotatable bonds is 10. The van der Waals surface area contributed by atoms with Gasteiger partial charge in [-0.1, -0.05) is 18.6 Å². The maximum Gasteiger partial charge on any atom is 0.257 e. The van der Waals surface area contributed by atoms with Crippen LogP contribution in [0.15, 0.2) is 54.9 Å². The standard InChI is InChI=1S/C32H37FN6O3/c1-4-5-30(40)27-19-34-39(23(27)3)25-9-7-24(8-10-25)35-32(42)28-20-38(29-11-6-22(2)18-26(28)29)21-31(41)37-16-14-36(13-12-33)15-17-37/h6-11,18-20H,4-5,12-17,21H2,1-3H3,(H,35,42). The van der Waals surface area contributed by atoms with Crippen molar-refractivity contribution in [2.24, 2.45) is 0 Å². The SMILES string of the molecule is CCCC(=O)c1cnn(-c2ccc(NC(=O)c3cn(CC(=O)N4CCN(CCF)CC4)c4ccc(C)cc34)cc2)c1C. The lowest BCUT2D eigenvalue weighted by molar-refractivity contribution is -0.133. The number of Topliss-reactive ketones (excluding diaryl/α,β-unsaturated/α-hetero) is 1. The number of ketones is 1. The van der Waals surface area contributed by atoms with E-state index in [2.05, 4.69) is 10.4 Å². The summed E-state index contributed by atoms with van der Waals surface area (Å²) in [6.07, 6.45) is 4.62. The van der Waals surface area contributed by atoms with Crippen LogP contribution in [0.5, 0.6) is 0 Å². The molecule has 1 N–H and O–H groups in total. The van der Waals surface area contributed by atoms with Crippen molar-refractivity contribution in [3.8, 4) is 5.69 Å². The zero-order valence-electron chi connectivity index (χ0n) is 24.4. The van der Waals surface area contributed by atoms with Crippen molar-refractivity contribution in [3.05, 3.63) is 77.2 Å². The first-order chi connectivity index (χ1) is 20.3. The molecule has 42 heavy (non-hydrogen) atoms. The van der Waals surface area contributed by atoms with Crippen molar-refractivity contribution in [1.82, 2.24) is 24.1 Å². The quantitative estimate of drug-likeness (QED) is 0.276. The lowest BCUT2D eigenvalue weighted by Gasteiger charge is -2.34. The average molecular weight is 573 g/mol. The highest BCUT2D eigenvalue weighted by Crippen LogP contribution is 2.25. The van der Waals surface area contributed by atoms with E-state index >= 15 is 0 Å². The van der Waals surface area contributed by atoms with Gasteiger partial charge in [-0.25, -0.2) is 9.07 Å². The summed E-state index contributed by atoms with van der Waals surface area (Å²) in [5, 5.41) is 8.16. The molecule has 1 fully saturated rings. The van der Waals surface area contributed by atoms with Gasteiger partial charge in [0.05, 0.1) is 28.7 Å². The number of fused-ring (bicyclic) bond motifs is 1. The Kier molecular flexibility index (Phi) is 8.82. The first-order valence-electron chi connectivity index (χ1n) is 14.4. The Labute approximate surface area is 244 Å². The van der Waals surface area contributed by atoms with Gasteiger partial charge in [-0.2, -0.15) is 5.10 Å². The number of hydrogen-bond acceptors (Lipinski definition) is 5. The van der Waals surface area contributed by atoms with E-state index in [1.54, 1.807) is 34.1 Å². The Bertz CT molecular complexity index is 1600. The van der Waals surface area contributed by atoms with Gasteiger partial charge in [-0.3, -0.25) is 19.3 Å². The fourth-order valence-electron chi connectivity index (χ4n) is 5.50. The number of halogens is 1. The Morgan fingerprint density at radius 3 is 2.40 bits per heavy atom. The molecule has 0 unspecified atom stereocenters. The second-order valence-electron chi connectivity index (χ2n) is 10.8. The van der Waals surface area contributed by atoms with E-state index in [1.807, 2.05) is 60.6 Å². The number of aromatic nitrogens is 3. The van der Waals surface area contributed by atoms with E-state index < -0.39 is 0 Å². The molecule has 0 spiro atoms. The number of aryl methyl sites for hydroxylation is 1. The smallest absolute Gasteiger partial charge is 0.257 e. The zero-order chi connectivity index (χ0) is 29.8. The molecule has 10 heteroatoms. The molecule has 0 aliphatic carbocycles. The number of carbonyl (C=O) groups excluding carboxylic acids is 3. The molecule has 2 amide bonds. The Morgan fingerprint density at radius 1 is 0.976 bits per heavy atom. The minimum atomic E-state index is -0.385. The van der Waals surface area contributed by atoms with Crippen LogP contribution in [0.2, 0.25) is 0 Å². The van der Waals surface area contributed by atoms with E-state index in [4.69, 9.17) is 0 Å². The molecule has 9 nitrogen and oxygen atoms in total. The predicted molar refractivity (Wildman–Crippen MR) is 161 cm³/mol. The van der Waals surface area contributed by atoms with Crippen LogP contribution in [-0.2, 0) is 11.3 Å². The van der Waals surface area contributed by atoms with Gasteiger partial charge in [0.2, 0.25) is 5.91 Å². The summed E-state index contributed by atoms with van der Waals surface area (Å²) < 4.78 is 16.2. The number of carbonyl (C=O) groups is 3. The number of hydrogen-bond donors (Lipinski definition) is 1. The van der Waals surface area contributed by atoms with Crippen molar-refractivity contribution in [2.75, 3.05) is 44.7 Å². The largest absolute Gasteiger partial charge is 0.339 e. The summed E-state index contributed by atoms with van der Waals surface area (Å²) >= 11 is 0. The van der Waals surface area contributed by atoms with Crippen LogP contribution in [0, 0.1) is 13.8 Å². The maximum atomic E-state index is 13.5. The molecule has 3 heterocycles. The van der Waals surface area contributed by atoms with Gasteiger partial charge < -0.3 is 14.8 Å². The highest BCUT2D eigenvalue weighted by atomic mass is 19.1. The average Bonchev–Trinajstić information content (AvgIpc) is 3.54. The summed E-state index contributed by atoms with van der Waals surface area (Å²) in [5.41, 5.74) is 5.13. The molecule has 4 aromatic rings. The molecule has 0 atom stereocenters. The van der Waals surface area contributed by atoms with E-state index in [9.17, 15) is 18.8 Å². The van der Waals surface area contributed by atoms with Crippen LogP contribution in [0.25, 0.3) is 16.6 Å². The molecule has 0 saturated carbocycles. The zero-order valence-corrected chi connectivity index (χ0v) is 24.4. The molecule has 0 radical (unpaired) electrons. The molecule has 2 aromatic carbocycles. The van der Waals surface area contributed by atoms with Crippen LogP contribution < -0.4 is 5.32 Å². The van der Waals surface area contributed by atoms with Crippen LogP contribution in [0.1, 0.15) is 51.7 Å². The van der Waals surface area contributed by atoms with E-state index in [-0.39, 0.29) is 30.8 Å². The van der Waals surface area contributed by atoms with Crippen LogP contribution >= 0.6 is 0 Å². The van der Waals surface area contributed by atoms with E-state index in [0.29, 0.717) is 56.0 Å². The second-order valence-corrected chi connectivity index (χ2v) is 10.8. The first kappa shape index (κ1) is 29.2. The lowest BCUT2D eigenvalue weighted by Crippen LogP contribution is -2.49. The van der Waals surface area contributed by atoms with Gasteiger partial charge in [0.1, 0.15) is 13.2 Å². The van der Waals surface area contributed by atoms with Gasteiger partial charge in [-0.05, 0) is 56.7 Å². The van der Waals surface area contributed by atoms with Crippen LogP contribution in [-0.4, -0.2) is 81.1 Å². The fourth-order valence-corrected chi connectivity index (χ4v) is 5.50. The predicted octanol–water partition coefficient (Wildman–Crippen LogP) is 4.79. The monoisotopic (exact) mass is 572 g/mol. The normalized spacial score (nSPS) is 14.0. The maximum absolute atomic E-state index is 13.5. The molecule has 5 rings (SSSR count).